The molecular formula is C18H26N2O3. The van der Waals surface area contributed by atoms with E-state index in [0.717, 1.165) is 18.4 Å². The minimum atomic E-state index is -0.348. The number of nitrogens with two attached hydrogens (primary N) is 1. The summed E-state index contributed by atoms with van der Waals surface area (Å²) in [7, 11) is 0. The number of benzene rings is 1. The minimum Gasteiger partial charge on any atom is -0.460 e. The number of hydrogen-bond donors (Lipinski definition) is 1. The normalized spacial score (nSPS) is 16.3. The van der Waals surface area contributed by atoms with Gasteiger partial charge in [0.05, 0.1) is 18.2 Å². The number of hydrogen-bond acceptors (Lipinski definition) is 4. The Morgan fingerprint density at radius 1 is 1.13 bits per heavy atom. The van der Waals surface area contributed by atoms with Crippen molar-refractivity contribution < 1.29 is 14.3 Å². The highest BCUT2D eigenvalue weighted by Crippen LogP contribution is 2.20. The number of carbonyl (C=O) groups is 1. The maximum atomic E-state index is 11.9. The molecule has 0 amide bonds. The lowest BCUT2D eigenvalue weighted by molar-refractivity contribution is 0.0335. The van der Waals surface area contributed by atoms with Gasteiger partial charge in [0, 0.05) is 12.2 Å². The number of aliphatic imine (C=N–C) groups is 1. The predicted molar refractivity (Wildman–Crippen MR) is 90.8 cm³/mol. The average Bonchev–Trinajstić information content (AvgIpc) is 2.59. The first-order valence-corrected chi connectivity index (χ1v) is 8.39. The highest BCUT2D eigenvalue weighted by atomic mass is 16.6. The molecule has 5 nitrogen and oxygen atoms in total. The Hall–Kier alpha value is -1.88. The SMILES string of the molecule is CCOCCOC(=O)c1ccc(C(N)=NC2CCCCC2)cc1. The summed E-state index contributed by atoms with van der Waals surface area (Å²) >= 11 is 0. The van der Waals surface area contributed by atoms with Crippen LogP contribution in [0.3, 0.4) is 0 Å². The van der Waals surface area contributed by atoms with Crippen LogP contribution in [0, 0.1) is 0 Å². The number of esters is 1. The minimum absolute atomic E-state index is 0.264. The van der Waals surface area contributed by atoms with Crippen molar-refractivity contribution in [1.82, 2.24) is 0 Å². The van der Waals surface area contributed by atoms with E-state index < -0.39 is 0 Å². The number of amidine groups is 1. The first-order valence-electron chi connectivity index (χ1n) is 8.39. The molecule has 2 N–H and O–H groups in total. The fraction of sp³-hybridized carbons (Fsp3) is 0.556. The number of carbonyl (C=O) groups excluding carboxylic acids is 1. The summed E-state index contributed by atoms with van der Waals surface area (Å²) in [5.74, 6) is 0.201. The molecule has 0 atom stereocenters. The Bertz CT molecular complexity index is 520. The average molecular weight is 318 g/mol. The van der Waals surface area contributed by atoms with E-state index in [-0.39, 0.29) is 12.6 Å². The summed E-state index contributed by atoms with van der Waals surface area (Å²) in [6.07, 6.45) is 5.99. The number of rotatable bonds is 7. The maximum Gasteiger partial charge on any atom is 0.338 e. The van der Waals surface area contributed by atoms with Crippen molar-refractivity contribution in [3.63, 3.8) is 0 Å². The largest absolute Gasteiger partial charge is 0.460 e. The van der Waals surface area contributed by atoms with Crippen LogP contribution < -0.4 is 5.73 Å². The van der Waals surface area contributed by atoms with Gasteiger partial charge in [0.1, 0.15) is 12.4 Å². The Morgan fingerprint density at radius 3 is 2.43 bits per heavy atom. The molecule has 1 saturated carbocycles. The van der Waals surface area contributed by atoms with Gasteiger partial charge in [0.25, 0.3) is 0 Å². The molecule has 1 aliphatic rings. The molecule has 2 rings (SSSR count). The quantitative estimate of drug-likeness (QED) is 0.363. The molecule has 1 aromatic carbocycles. The van der Waals surface area contributed by atoms with Gasteiger partial charge in [-0.05, 0) is 31.9 Å². The molecular weight excluding hydrogens is 292 g/mol. The molecule has 1 fully saturated rings. The van der Waals surface area contributed by atoms with Crippen molar-refractivity contribution in [3.8, 4) is 0 Å². The zero-order valence-electron chi connectivity index (χ0n) is 13.8. The van der Waals surface area contributed by atoms with Gasteiger partial charge in [0.2, 0.25) is 0 Å². The van der Waals surface area contributed by atoms with Gasteiger partial charge in [-0.15, -0.1) is 0 Å². The second kappa shape index (κ2) is 9.30. The third-order valence-corrected chi connectivity index (χ3v) is 3.98. The van der Waals surface area contributed by atoms with E-state index in [2.05, 4.69) is 4.99 Å². The lowest BCUT2D eigenvalue weighted by atomic mass is 9.96. The zero-order valence-corrected chi connectivity index (χ0v) is 13.8. The molecule has 0 unspecified atom stereocenters. The van der Waals surface area contributed by atoms with E-state index in [1.165, 1.54) is 19.3 Å². The standard InChI is InChI=1S/C18H26N2O3/c1-2-22-12-13-23-18(21)15-10-8-14(9-11-15)17(19)20-16-6-4-3-5-7-16/h8-11,16H,2-7,12-13H2,1H3,(H2,19,20). The van der Waals surface area contributed by atoms with Crippen molar-refractivity contribution in [2.45, 2.75) is 45.1 Å². The summed E-state index contributed by atoms with van der Waals surface area (Å²) in [6.45, 7) is 3.20. The lowest BCUT2D eigenvalue weighted by Crippen LogP contribution is -2.20. The third kappa shape index (κ3) is 5.67. The summed E-state index contributed by atoms with van der Waals surface area (Å²) in [5, 5.41) is 0. The second-order valence-corrected chi connectivity index (χ2v) is 5.72. The summed E-state index contributed by atoms with van der Waals surface area (Å²) in [5.41, 5.74) is 7.44. The van der Waals surface area contributed by atoms with Gasteiger partial charge in [-0.3, -0.25) is 4.99 Å². The first-order chi connectivity index (χ1) is 11.2. The fourth-order valence-electron chi connectivity index (χ4n) is 2.68. The van der Waals surface area contributed by atoms with Crippen molar-refractivity contribution in [3.05, 3.63) is 35.4 Å². The first kappa shape index (κ1) is 17.5. The second-order valence-electron chi connectivity index (χ2n) is 5.72. The molecule has 0 heterocycles. The Kier molecular flexibility index (Phi) is 7.07. The van der Waals surface area contributed by atoms with Crippen LogP contribution in [0.25, 0.3) is 0 Å². The van der Waals surface area contributed by atoms with Crippen LogP contribution in [0.15, 0.2) is 29.3 Å². The topological polar surface area (TPSA) is 73.9 Å². The van der Waals surface area contributed by atoms with Crippen molar-refractivity contribution in [2.75, 3.05) is 19.8 Å². The van der Waals surface area contributed by atoms with Gasteiger partial charge in [0.15, 0.2) is 0 Å². The van der Waals surface area contributed by atoms with Crippen LogP contribution in [0.4, 0.5) is 0 Å². The monoisotopic (exact) mass is 318 g/mol. The van der Waals surface area contributed by atoms with Crippen molar-refractivity contribution in [2.24, 2.45) is 10.7 Å². The fourth-order valence-corrected chi connectivity index (χ4v) is 2.68. The van der Waals surface area contributed by atoms with Gasteiger partial charge < -0.3 is 15.2 Å². The van der Waals surface area contributed by atoms with E-state index >= 15 is 0 Å². The molecule has 0 aliphatic heterocycles. The molecule has 23 heavy (non-hydrogen) atoms. The Morgan fingerprint density at radius 2 is 1.78 bits per heavy atom. The van der Waals surface area contributed by atoms with Crippen LogP contribution in [0.2, 0.25) is 0 Å². The van der Waals surface area contributed by atoms with E-state index in [9.17, 15) is 4.79 Å². The Balaban J connectivity index is 1.90. The van der Waals surface area contributed by atoms with Crippen LogP contribution in [0.5, 0.6) is 0 Å². The molecule has 0 bridgehead atoms. The van der Waals surface area contributed by atoms with Crippen LogP contribution in [0.1, 0.15) is 54.9 Å². The summed E-state index contributed by atoms with van der Waals surface area (Å²) < 4.78 is 10.3. The molecule has 0 radical (unpaired) electrons. The van der Waals surface area contributed by atoms with E-state index in [4.69, 9.17) is 15.2 Å². The predicted octanol–water partition coefficient (Wildman–Crippen LogP) is 2.92. The van der Waals surface area contributed by atoms with Crippen molar-refractivity contribution >= 4 is 11.8 Å². The van der Waals surface area contributed by atoms with Crippen molar-refractivity contribution in [1.29, 1.82) is 0 Å². The van der Waals surface area contributed by atoms with Gasteiger partial charge >= 0.3 is 5.97 Å². The van der Waals surface area contributed by atoms with Gasteiger partial charge in [-0.2, -0.15) is 0 Å². The maximum absolute atomic E-state index is 11.9. The third-order valence-electron chi connectivity index (χ3n) is 3.98. The molecule has 1 aromatic rings. The summed E-state index contributed by atoms with van der Waals surface area (Å²) in [4.78, 5) is 16.5. The van der Waals surface area contributed by atoms with E-state index in [1.54, 1.807) is 12.1 Å². The lowest BCUT2D eigenvalue weighted by Gasteiger charge is -2.18. The molecule has 5 heteroatoms. The van der Waals surface area contributed by atoms with Crippen LogP contribution in [-0.2, 0) is 9.47 Å². The van der Waals surface area contributed by atoms with Crippen LogP contribution >= 0.6 is 0 Å². The molecule has 126 valence electrons. The highest BCUT2D eigenvalue weighted by Gasteiger charge is 2.13. The smallest absolute Gasteiger partial charge is 0.338 e. The number of nitrogens with zero attached hydrogens (tertiary/aromatic N) is 1. The van der Waals surface area contributed by atoms with E-state index in [0.29, 0.717) is 30.7 Å². The summed E-state index contributed by atoms with van der Waals surface area (Å²) in [6, 6.07) is 7.43. The molecule has 0 aromatic heterocycles. The molecule has 0 saturated heterocycles. The van der Waals surface area contributed by atoms with E-state index in [1.807, 2.05) is 19.1 Å². The zero-order chi connectivity index (χ0) is 16.5. The van der Waals surface area contributed by atoms with Crippen LogP contribution in [-0.4, -0.2) is 37.7 Å². The van der Waals surface area contributed by atoms with Gasteiger partial charge in [-0.1, -0.05) is 31.4 Å². The van der Waals surface area contributed by atoms with Gasteiger partial charge in [-0.25, -0.2) is 4.79 Å². The Labute approximate surface area is 137 Å². The molecule has 0 spiro atoms. The number of ether oxygens (including phenoxy) is 2. The molecule has 1 aliphatic carbocycles. The highest BCUT2D eigenvalue weighted by molar-refractivity contribution is 5.98.